The molecule has 0 bridgehead atoms. The molecule has 0 radical (unpaired) electrons. The van der Waals surface area contributed by atoms with Crippen LogP contribution < -0.4 is 5.32 Å². The largest absolute Gasteiger partial charge is 0.354 e. The minimum Gasteiger partial charge on any atom is -0.354 e. The van der Waals surface area contributed by atoms with Crippen molar-refractivity contribution in [3.63, 3.8) is 0 Å². The van der Waals surface area contributed by atoms with E-state index in [1.807, 2.05) is 24.3 Å². The van der Waals surface area contributed by atoms with Crippen molar-refractivity contribution in [2.75, 3.05) is 19.6 Å². The summed E-state index contributed by atoms with van der Waals surface area (Å²) in [5.41, 5.74) is 0. The Hall–Kier alpha value is -1.92. The molecule has 0 saturated carbocycles. The smallest absolute Gasteiger partial charge is 0.244 e. The van der Waals surface area contributed by atoms with Crippen molar-refractivity contribution in [3.8, 4) is 0 Å². The van der Waals surface area contributed by atoms with Gasteiger partial charge in [-0.1, -0.05) is 36.4 Å². The summed E-state index contributed by atoms with van der Waals surface area (Å²) in [7, 11) is -3.65. The van der Waals surface area contributed by atoms with Gasteiger partial charge < -0.3 is 5.32 Å². The van der Waals surface area contributed by atoms with Crippen LogP contribution in [0.3, 0.4) is 0 Å². The van der Waals surface area contributed by atoms with Gasteiger partial charge in [0.25, 0.3) is 0 Å². The van der Waals surface area contributed by atoms with Crippen molar-refractivity contribution in [3.05, 3.63) is 42.5 Å². The van der Waals surface area contributed by atoms with Crippen molar-refractivity contribution >= 4 is 26.7 Å². The highest BCUT2D eigenvalue weighted by atomic mass is 32.2. The summed E-state index contributed by atoms with van der Waals surface area (Å²) in [5.74, 6) is -0.264. The van der Waals surface area contributed by atoms with E-state index in [2.05, 4.69) is 5.32 Å². The van der Waals surface area contributed by atoms with E-state index in [1.165, 1.54) is 4.31 Å². The fraction of sp³-hybridized carbons (Fsp3) is 0.214. The molecule has 1 saturated heterocycles. The molecule has 1 aliphatic heterocycles. The fourth-order valence-electron chi connectivity index (χ4n) is 2.38. The van der Waals surface area contributed by atoms with Crippen molar-refractivity contribution in [1.29, 1.82) is 0 Å². The Morgan fingerprint density at radius 1 is 1.05 bits per heavy atom. The van der Waals surface area contributed by atoms with Gasteiger partial charge in [0, 0.05) is 18.5 Å². The van der Waals surface area contributed by atoms with Crippen LogP contribution in [0.25, 0.3) is 10.8 Å². The second kappa shape index (κ2) is 4.88. The number of piperazine rings is 1. The molecule has 0 atom stereocenters. The number of fused-ring (bicyclic) bond motifs is 1. The first-order valence-corrected chi connectivity index (χ1v) is 7.78. The van der Waals surface area contributed by atoms with Gasteiger partial charge in [-0.2, -0.15) is 4.31 Å². The number of benzene rings is 2. The summed E-state index contributed by atoms with van der Waals surface area (Å²) in [4.78, 5) is 11.7. The zero-order valence-electron chi connectivity index (χ0n) is 10.7. The van der Waals surface area contributed by atoms with Crippen molar-refractivity contribution in [2.24, 2.45) is 0 Å². The van der Waals surface area contributed by atoms with Crippen LogP contribution in [0.15, 0.2) is 47.4 Å². The van der Waals surface area contributed by atoms with Crippen LogP contribution in [0.2, 0.25) is 0 Å². The predicted octanol–water partition coefficient (Wildman–Crippen LogP) is 0.960. The first-order valence-electron chi connectivity index (χ1n) is 6.34. The molecule has 6 heteroatoms. The van der Waals surface area contributed by atoms with E-state index in [0.717, 1.165) is 5.39 Å². The van der Waals surface area contributed by atoms with Crippen LogP contribution in [0, 0.1) is 0 Å². The number of carbonyl (C=O) groups is 1. The van der Waals surface area contributed by atoms with Gasteiger partial charge in [0.05, 0.1) is 11.4 Å². The van der Waals surface area contributed by atoms with Crippen LogP contribution in [0.5, 0.6) is 0 Å². The van der Waals surface area contributed by atoms with Crippen LogP contribution in [0.1, 0.15) is 0 Å². The number of hydrogen-bond donors (Lipinski definition) is 1. The summed E-state index contributed by atoms with van der Waals surface area (Å²) >= 11 is 0. The Labute approximate surface area is 117 Å². The monoisotopic (exact) mass is 290 g/mol. The molecule has 0 unspecified atom stereocenters. The van der Waals surface area contributed by atoms with E-state index in [9.17, 15) is 13.2 Å². The average Bonchev–Trinajstić information content (AvgIpc) is 2.46. The Bertz CT molecular complexity index is 766. The normalized spacial score (nSPS) is 17.1. The maximum atomic E-state index is 12.7. The van der Waals surface area contributed by atoms with Crippen molar-refractivity contribution in [2.45, 2.75) is 4.90 Å². The van der Waals surface area contributed by atoms with E-state index in [1.54, 1.807) is 18.2 Å². The summed E-state index contributed by atoms with van der Waals surface area (Å²) < 4.78 is 26.6. The van der Waals surface area contributed by atoms with Crippen molar-refractivity contribution < 1.29 is 13.2 Å². The molecule has 1 fully saturated rings. The van der Waals surface area contributed by atoms with Crippen LogP contribution in [-0.2, 0) is 14.8 Å². The topological polar surface area (TPSA) is 66.5 Å². The van der Waals surface area contributed by atoms with E-state index < -0.39 is 10.0 Å². The lowest BCUT2D eigenvalue weighted by Crippen LogP contribution is -2.49. The van der Waals surface area contributed by atoms with E-state index >= 15 is 0 Å². The number of hydrogen-bond acceptors (Lipinski definition) is 3. The molecular formula is C14H14N2O3S. The predicted molar refractivity (Wildman–Crippen MR) is 75.7 cm³/mol. The maximum Gasteiger partial charge on any atom is 0.244 e. The van der Waals surface area contributed by atoms with Gasteiger partial charge in [0.1, 0.15) is 0 Å². The maximum absolute atomic E-state index is 12.7. The zero-order chi connectivity index (χ0) is 14.2. The Kier molecular flexibility index (Phi) is 3.19. The van der Waals surface area contributed by atoms with Crippen LogP contribution in [-0.4, -0.2) is 38.3 Å². The van der Waals surface area contributed by atoms with Gasteiger partial charge in [-0.25, -0.2) is 8.42 Å². The van der Waals surface area contributed by atoms with Gasteiger partial charge in [-0.15, -0.1) is 0 Å². The summed E-state index contributed by atoms with van der Waals surface area (Å²) in [5, 5.41) is 4.18. The Morgan fingerprint density at radius 2 is 1.80 bits per heavy atom. The molecule has 2 aromatic carbocycles. The lowest BCUT2D eigenvalue weighted by Gasteiger charge is -2.26. The average molecular weight is 290 g/mol. The number of nitrogens with zero attached hydrogens (tertiary/aromatic N) is 1. The highest BCUT2D eigenvalue weighted by Crippen LogP contribution is 2.25. The molecule has 3 rings (SSSR count). The van der Waals surface area contributed by atoms with E-state index in [0.29, 0.717) is 18.5 Å². The van der Waals surface area contributed by atoms with Crippen molar-refractivity contribution in [1.82, 2.24) is 9.62 Å². The molecule has 0 aliphatic carbocycles. The molecule has 1 aliphatic rings. The number of carbonyl (C=O) groups excluding carboxylic acids is 1. The summed E-state index contributed by atoms with van der Waals surface area (Å²) in [6, 6.07) is 12.5. The third-order valence-electron chi connectivity index (χ3n) is 3.37. The Balaban J connectivity index is 2.12. The molecule has 1 N–H and O–H groups in total. The fourth-order valence-corrected chi connectivity index (χ4v) is 3.99. The Morgan fingerprint density at radius 3 is 2.60 bits per heavy atom. The standard InChI is InChI=1S/C14H14N2O3S/c17-14-10-16(9-8-15-14)20(18,19)13-7-3-5-11-4-1-2-6-12(11)13/h1-7H,8-10H2,(H,15,17). The highest BCUT2D eigenvalue weighted by molar-refractivity contribution is 7.89. The van der Waals surface area contributed by atoms with Gasteiger partial charge in [-0.05, 0) is 11.5 Å². The van der Waals surface area contributed by atoms with E-state index in [4.69, 9.17) is 0 Å². The SMILES string of the molecule is O=C1CN(S(=O)(=O)c2cccc3ccccc23)CCN1. The second-order valence-electron chi connectivity index (χ2n) is 4.67. The first-order chi connectivity index (χ1) is 9.59. The van der Waals surface area contributed by atoms with Gasteiger partial charge in [0.2, 0.25) is 15.9 Å². The molecular weight excluding hydrogens is 276 g/mol. The number of nitrogens with one attached hydrogen (secondary N) is 1. The minimum absolute atomic E-state index is 0.119. The zero-order valence-corrected chi connectivity index (χ0v) is 11.6. The lowest BCUT2D eigenvalue weighted by molar-refractivity contribution is -0.122. The lowest BCUT2D eigenvalue weighted by atomic mass is 10.1. The first kappa shape index (κ1) is 13.1. The number of amides is 1. The van der Waals surface area contributed by atoms with E-state index in [-0.39, 0.29) is 17.3 Å². The molecule has 1 amide bonds. The van der Waals surface area contributed by atoms with Gasteiger partial charge in [0.15, 0.2) is 0 Å². The van der Waals surface area contributed by atoms with Gasteiger partial charge in [-0.3, -0.25) is 4.79 Å². The minimum atomic E-state index is -3.65. The van der Waals surface area contributed by atoms with Crippen LogP contribution in [0.4, 0.5) is 0 Å². The second-order valence-corrected chi connectivity index (χ2v) is 6.57. The summed E-state index contributed by atoms with van der Waals surface area (Å²) in [6.07, 6.45) is 0. The highest BCUT2D eigenvalue weighted by Gasteiger charge is 2.30. The number of sulfonamides is 1. The quantitative estimate of drug-likeness (QED) is 0.896. The van der Waals surface area contributed by atoms with Crippen LogP contribution >= 0.6 is 0 Å². The molecule has 1 heterocycles. The molecule has 2 aromatic rings. The molecule has 0 aromatic heterocycles. The third-order valence-corrected chi connectivity index (χ3v) is 5.27. The molecule has 0 spiro atoms. The number of rotatable bonds is 2. The molecule has 104 valence electrons. The molecule has 5 nitrogen and oxygen atoms in total. The molecule has 20 heavy (non-hydrogen) atoms. The third kappa shape index (κ3) is 2.17. The van der Waals surface area contributed by atoms with Gasteiger partial charge >= 0.3 is 0 Å². The summed E-state index contributed by atoms with van der Waals surface area (Å²) in [6.45, 7) is 0.533.